The van der Waals surface area contributed by atoms with Gasteiger partial charge in [0.2, 0.25) is 4.77 Å². The molecule has 0 saturated heterocycles. The summed E-state index contributed by atoms with van der Waals surface area (Å²) in [5.41, 5.74) is 0.352. The number of hydrogen-bond donors (Lipinski definition) is 1. The smallest absolute Gasteiger partial charge is 0.215 e. The molecule has 0 bridgehead atoms. The summed E-state index contributed by atoms with van der Waals surface area (Å²) < 4.78 is 2.49. The molecule has 1 aliphatic carbocycles. The third-order valence-corrected chi connectivity index (χ3v) is 3.99. The second-order valence-electron chi connectivity index (χ2n) is 5.24. The fraction of sp³-hybridized carbons (Fsp3) is 0.818. The summed E-state index contributed by atoms with van der Waals surface area (Å²) in [7, 11) is 1.93. The van der Waals surface area contributed by atoms with Gasteiger partial charge in [-0.3, -0.25) is 9.78 Å². The lowest BCUT2D eigenvalue weighted by molar-refractivity contribution is 0.192. The molecule has 4 heteroatoms. The second-order valence-corrected chi connectivity index (χ2v) is 5.60. The number of nitrogens with one attached hydrogen (secondary N) is 1. The summed E-state index contributed by atoms with van der Waals surface area (Å²) in [5, 5.41) is 3.27. The van der Waals surface area contributed by atoms with Crippen molar-refractivity contribution in [3.05, 3.63) is 10.6 Å². The summed E-state index contributed by atoms with van der Waals surface area (Å²) in [6.07, 6.45) is 5.17. The average Bonchev–Trinajstić information content (AvgIpc) is 2.46. The number of nitrogens with zero attached hydrogens (tertiary/aromatic N) is 2. The predicted octanol–water partition coefficient (Wildman–Crippen LogP) is 3.16. The minimum Gasteiger partial charge on any atom is -0.283 e. The molecule has 1 unspecified atom stereocenters. The van der Waals surface area contributed by atoms with Gasteiger partial charge in [0.05, 0.1) is 0 Å². The summed E-state index contributed by atoms with van der Waals surface area (Å²) >= 11 is 5.14. The molecule has 0 aliphatic heterocycles. The van der Waals surface area contributed by atoms with E-state index in [-0.39, 0.29) is 0 Å². The van der Waals surface area contributed by atoms with Crippen molar-refractivity contribution in [2.24, 2.45) is 12.5 Å². The van der Waals surface area contributed by atoms with Crippen molar-refractivity contribution in [2.45, 2.75) is 45.4 Å². The maximum atomic E-state index is 5.14. The van der Waals surface area contributed by atoms with Gasteiger partial charge in [-0.15, -0.1) is 0 Å². The molecule has 84 valence electrons. The van der Waals surface area contributed by atoms with Gasteiger partial charge < -0.3 is 0 Å². The monoisotopic (exact) mass is 225 g/mol. The first-order chi connectivity index (χ1) is 7.00. The molecule has 3 nitrogen and oxygen atoms in total. The van der Waals surface area contributed by atoms with Crippen molar-refractivity contribution in [1.82, 2.24) is 14.8 Å². The standard InChI is InChI=1S/C11H19N3S/c1-11(2)7-5-4-6-8(11)9-12-10(15)14(3)13-9/h8H,4-7H2,1-3H3,(H,12,13,15). The Kier molecular flexibility index (Phi) is 2.71. The van der Waals surface area contributed by atoms with Gasteiger partial charge in [0.1, 0.15) is 5.82 Å². The minimum absolute atomic E-state index is 0.352. The van der Waals surface area contributed by atoms with Crippen LogP contribution in [0.2, 0.25) is 0 Å². The quantitative estimate of drug-likeness (QED) is 0.745. The highest BCUT2D eigenvalue weighted by atomic mass is 32.1. The summed E-state index contributed by atoms with van der Waals surface area (Å²) in [6, 6.07) is 0. The molecular formula is C11H19N3S. The highest BCUT2D eigenvalue weighted by molar-refractivity contribution is 7.71. The molecule has 0 radical (unpaired) electrons. The van der Waals surface area contributed by atoms with Crippen LogP contribution in [-0.4, -0.2) is 14.8 Å². The molecule has 1 saturated carbocycles. The van der Waals surface area contributed by atoms with Crippen LogP contribution in [0.1, 0.15) is 51.3 Å². The fourth-order valence-corrected chi connectivity index (χ4v) is 2.72. The zero-order chi connectivity index (χ0) is 11.1. The van der Waals surface area contributed by atoms with Gasteiger partial charge in [0.25, 0.3) is 0 Å². The first-order valence-electron chi connectivity index (χ1n) is 5.63. The van der Waals surface area contributed by atoms with E-state index in [1.54, 1.807) is 0 Å². The minimum atomic E-state index is 0.352. The van der Waals surface area contributed by atoms with E-state index in [1.807, 2.05) is 11.7 Å². The molecule has 2 rings (SSSR count). The number of H-pyrrole nitrogens is 1. The molecule has 1 aromatic heterocycles. The highest BCUT2D eigenvalue weighted by Gasteiger charge is 2.35. The Morgan fingerprint density at radius 1 is 1.47 bits per heavy atom. The van der Waals surface area contributed by atoms with Crippen LogP contribution >= 0.6 is 12.2 Å². The summed E-state index contributed by atoms with van der Waals surface area (Å²) in [4.78, 5) is 4.45. The van der Waals surface area contributed by atoms with Gasteiger partial charge in [0.15, 0.2) is 0 Å². The van der Waals surface area contributed by atoms with Crippen molar-refractivity contribution in [2.75, 3.05) is 0 Å². The van der Waals surface area contributed by atoms with E-state index in [0.29, 0.717) is 16.1 Å². The number of hydrogen-bond acceptors (Lipinski definition) is 2. The molecular weight excluding hydrogens is 206 g/mol. The predicted molar refractivity (Wildman–Crippen MR) is 63.4 cm³/mol. The zero-order valence-corrected chi connectivity index (χ0v) is 10.5. The SMILES string of the molecule is Cn1[nH]c(C2CCCCC2(C)C)nc1=S. The molecule has 1 atom stereocenters. The van der Waals surface area contributed by atoms with Crippen molar-refractivity contribution < 1.29 is 0 Å². The fourth-order valence-electron chi connectivity index (χ4n) is 2.58. The van der Waals surface area contributed by atoms with Gasteiger partial charge in [-0.1, -0.05) is 26.7 Å². The lowest BCUT2D eigenvalue weighted by Gasteiger charge is -2.37. The Balaban J connectivity index is 2.32. The van der Waals surface area contributed by atoms with Crippen molar-refractivity contribution >= 4 is 12.2 Å². The van der Waals surface area contributed by atoms with E-state index in [4.69, 9.17) is 12.2 Å². The van der Waals surface area contributed by atoms with Gasteiger partial charge in [-0.2, -0.15) is 0 Å². The third-order valence-electron chi connectivity index (χ3n) is 3.62. The lowest BCUT2D eigenvalue weighted by atomic mass is 9.68. The maximum Gasteiger partial charge on any atom is 0.215 e. The Labute approximate surface area is 95.9 Å². The Morgan fingerprint density at radius 2 is 2.20 bits per heavy atom. The highest BCUT2D eigenvalue weighted by Crippen LogP contribution is 2.45. The van der Waals surface area contributed by atoms with E-state index in [1.165, 1.54) is 25.7 Å². The van der Waals surface area contributed by atoms with Gasteiger partial charge in [0, 0.05) is 13.0 Å². The number of aryl methyl sites for hydroxylation is 1. The molecule has 1 heterocycles. The number of rotatable bonds is 1. The Hall–Kier alpha value is -0.640. The van der Waals surface area contributed by atoms with Gasteiger partial charge in [-0.05, 0) is 30.5 Å². The van der Waals surface area contributed by atoms with Crippen LogP contribution < -0.4 is 0 Å². The van der Waals surface area contributed by atoms with E-state index >= 15 is 0 Å². The largest absolute Gasteiger partial charge is 0.283 e. The molecule has 15 heavy (non-hydrogen) atoms. The first kappa shape index (κ1) is 10.9. The Bertz CT molecular complexity index is 402. The third kappa shape index (κ3) is 2.00. The molecule has 1 fully saturated rings. The lowest BCUT2D eigenvalue weighted by Crippen LogP contribution is -2.27. The van der Waals surface area contributed by atoms with Crippen LogP contribution in [0.15, 0.2) is 0 Å². The summed E-state index contributed by atoms with van der Waals surface area (Å²) in [5.74, 6) is 1.61. The number of aromatic nitrogens is 3. The zero-order valence-electron chi connectivity index (χ0n) is 9.71. The van der Waals surface area contributed by atoms with E-state index in [9.17, 15) is 0 Å². The van der Waals surface area contributed by atoms with Gasteiger partial charge in [-0.25, -0.2) is 4.98 Å². The van der Waals surface area contributed by atoms with Crippen LogP contribution in [0.4, 0.5) is 0 Å². The molecule has 0 aromatic carbocycles. The molecule has 0 amide bonds. The van der Waals surface area contributed by atoms with Crippen LogP contribution in [0.3, 0.4) is 0 Å². The molecule has 0 spiro atoms. The van der Waals surface area contributed by atoms with Crippen LogP contribution in [0.5, 0.6) is 0 Å². The molecule has 1 N–H and O–H groups in total. The second kappa shape index (κ2) is 3.74. The van der Waals surface area contributed by atoms with Crippen LogP contribution in [0, 0.1) is 10.2 Å². The van der Waals surface area contributed by atoms with E-state index in [0.717, 1.165) is 5.82 Å². The first-order valence-corrected chi connectivity index (χ1v) is 6.04. The number of aromatic amines is 1. The average molecular weight is 225 g/mol. The van der Waals surface area contributed by atoms with E-state index in [2.05, 4.69) is 23.9 Å². The van der Waals surface area contributed by atoms with Gasteiger partial charge >= 0.3 is 0 Å². The summed E-state index contributed by atoms with van der Waals surface area (Å²) in [6.45, 7) is 4.67. The molecule has 1 aromatic rings. The van der Waals surface area contributed by atoms with Crippen LogP contribution in [-0.2, 0) is 7.05 Å². The molecule has 1 aliphatic rings. The van der Waals surface area contributed by atoms with Crippen LogP contribution in [0.25, 0.3) is 0 Å². The van der Waals surface area contributed by atoms with Crippen molar-refractivity contribution in [3.63, 3.8) is 0 Å². The van der Waals surface area contributed by atoms with Crippen molar-refractivity contribution in [3.8, 4) is 0 Å². The van der Waals surface area contributed by atoms with Crippen molar-refractivity contribution in [1.29, 1.82) is 0 Å². The Morgan fingerprint density at radius 3 is 2.73 bits per heavy atom. The van der Waals surface area contributed by atoms with E-state index < -0.39 is 0 Å². The topological polar surface area (TPSA) is 33.6 Å². The maximum absolute atomic E-state index is 5.14. The normalized spacial score (nSPS) is 25.4.